The number of carbonyl (C=O) groups excluding carboxylic acids is 1. The highest BCUT2D eigenvalue weighted by atomic mass is 16.1. The van der Waals surface area contributed by atoms with Gasteiger partial charge < -0.3 is 11.1 Å². The van der Waals surface area contributed by atoms with E-state index in [9.17, 15) is 4.79 Å². The molecule has 0 aliphatic heterocycles. The van der Waals surface area contributed by atoms with Crippen molar-refractivity contribution in [3.8, 4) is 0 Å². The molecule has 1 saturated carbocycles. The van der Waals surface area contributed by atoms with Crippen LogP contribution in [0.1, 0.15) is 49.8 Å². The quantitative estimate of drug-likeness (QED) is 0.878. The molecule has 2 unspecified atom stereocenters. The van der Waals surface area contributed by atoms with E-state index in [0.717, 1.165) is 25.7 Å². The Morgan fingerprint density at radius 2 is 2.11 bits per heavy atom. The van der Waals surface area contributed by atoms with Crippen LogP contribution in [-0.2, 0) is 4.79 Å². The molecule has 0 radical (unpaired) electrons. The minimum atomic E-state index is 0.0619. The summed E-state index contributed by atoms with van der Waals surface area (Å²) in [7, 11) is 0. The number of hydrogen-bond donors (Lipinski definition) is 2. The highest BCUT2D eigenvalue weighted by molar-refractivity contribution is 5.79. The lowest BCUT2D eigenvalue weighted by atomic mass is 9.85. The Labute approximate surface area is 115 Å². The van der Waals surface area contributed by atoms with Crippen LogP contribution in [0.25, 0.3) is 0 Å². The standard InChI is InChI=1S/C16H24N2O/c1-11-6-3-4-9-15(11)12(2)18-16(19)13-7-5-8-14(17)10-13/h3-4,6,9,12-14H,5,7-8,10,17H2,1-2H3,(H,18,19)/t12-,13?,14?/m0/s1. The van der Waals surface area contributed by atoms with Gasteiger partial charge in [-0.05, 0) is 44.2 Å². The van der Waals surface area contributed by atoms with Gasteiger partial charge in [0.1, 0.15) is 0 Å². The van der Waals surface area contributed by atoms with Crippen LogP contribution >= 0.6 is 0 Å². The molecule has 0 bridgehead atoms. The van der Waals surface area contributed by atoms with Gasteiger partial charge in [0.2, 0.25) is 5.91 Å². The highest BCUT2D eigenvalue weighted by Gasteiger charge is 2.26. The van der Waals surface area contributed by atoms with E-state index in [1.54, 1.807) is 0 Å². The maximum absolute atomic E-state index is 12.3. The van der Waals surface area contributed by atoms with Crippen molar-refractivity contribution in [1.82, 2.24) is 5.32 Å². The SMILES string of the molecule is Cc1ccccc1[C@H](C)NC(=O)C1CCCC(N)C1. The Morgan fingerprint density at radius 3 is 2.79 bits per heavy atom. The largest absolute Gasteiger partial charge is 0.349 e. The number of carbonyl (C=O) groups is 1. The number of nitrogens with one attached hydrogen (secondary N) is 1. The summed E-state index contributed by atoms with van der Waals surface area (Å²) in [6.07, 6.45) is 3.92. The Bertz CT molecular complexity index is 444. The van der Waals surface area contributed by atoms with Gasteiger partial charge in [-0.1, -0.05) is 30.7 Å². The minimum Gasteiger partial charge on any atom is -0.349 e. The van der Waals surface area contributed by atoms with Crippen LogP contribution in [0, 0.1) is 12.8 Å². The van der Waals surface area contributed by atoms with E-state index in [-0.39, 0.29) is 23.9 Å². The first kappa shape index (κ1) is 14.1. The van der Waals surface area contributed by atoms with E-state index < -0.39 is 0 Å². The Kier molecular flexibility index (Phi) is 4.59. The normalized spacial score (nSPS) is 24.8. The van der Waals surface area contributed by atoms with E-state index in [1.807, 2.05) is 19.1 Å². The van der Waals surface area contributed by atoms with Crippen LogP contribution < -0.4 is 11.1 Å². The van der Waals surface area contributed by atoms with Crippen LogP contribution in [-0.4, -0.2) is 11.9 Å². The molecule has 1 aliphatic carbocycles. The lowest BCUT2D eigenvalue weighted by molar-refractivity contribution is -0.126. The molecule has 3 heteroatoms. The second-order valence-corrected chi connectivity index (χ2v) is 5.71. The topological polar surface area (TPSA) is 55.1 Å². The number of hydrogen-bond acceptors (Lipinski definition) is 2. The fourth-order valence-corrected chi connectivity index (χ4v) is 2.95. The maximum atomic E-state index is 12.3. The molecule has 1 aromatic carbocycles. The first-order valence-electron chi connectivity index (χ1n) is 7.19. The summed E-state index contributed by atoms with van der Waals surface area (Å²) in [6.45, 7) is 4.12. The minimum absolute atomic E-state index is 0.0619. The number of benzene rings is 1. The molecular formula is C16H24N2O. The Morgan fingerprint density at radius 1 is 1.37 bits per heavy atom. The molecule has 1 amide bonds. The molecule has 3 nitrogen and oxygen atoms in total. The zero-order valence-electron chi connectivity index (χ0n) is 11.9. The third kappa shape index (κ3) is 3.57. The van der Waals surface area contributed by atoms with E-state index in [2.05, 4.69) is 24.4 Å². The van der Waals surface area contributed by atoms with Crippen molar-refractivity contribution in [2.75, 3.05) is 0 Å². The molecule has 0 heterocycles. The Balaban J connectivity index is 1.97. The molecule has 3 atom stereocenters. The average Bonchev–Trinajstić information content (AvgIpc) is 2.39. The van der Waals surface area contributed by atoms with Gasteiger partial charge in [0.15, 0.2) is 0 Å². The summed E-state index contributed by atoms with van der Waals surface area (Å²) < 4.78 is 0. The fourth-order valence-electron chi connectivity index (χ4n) is 2.95. The summed E-state index contributed by atoms with van der Waals surface area (Å²) >= 11 is 0. The van der Waals surface area contributed by atoms with Crippen molar-refractivity contribution in [2.24, 2.45) is 11.7 Å². The number of amides is 1. The smallest absolute Gasteiger partial charge is 0.223 e. The molecule has 104 valence electrons. The molecule has 0 spiro atoms. The van der Waals surface area contributed by atoms with Crippen molar-refractivity contribution in [3.05, 3.63) is 35.4 Å². The molecule has 19 heavy (non-hydrogen) atoms. The molecule has 0 aromatic heterocycles. The molecule has 0 saturated heterocycles. The third-order valence-electron chi connectivity index (χ3n) is 4.10. The second-order valence-electron chi connectivity index (χ2n) is 5.71. The third-order valence-corrected chi connectivity index (χ3v) is 4.10. The van der Waals surface area contributed by atoms with Crippen LogP contribution in [0.5, 0.6) is 0 Å². The lowest BCUT2D eigenvalue weighted by Gasteiger charge is -2.27. The van der Waals surface area contributed by atoms with Crippen molar-refractivity contribution in [1.29, 1.82) is 0 Å². The summed E-state index contributed by atoms with van der Waals surface area (Å²) in [5, 5.41) is 3.13. The molecular weight excluding hydrogens is 236 g/mol. The molecule has 3 N–H and O–H groups in total. The van der Waals surface area contributed by atoms with Crippen LogP contribution in [0.3, 0.4) is 0 Å². The van der Waals surface area contributed by atoms with Crippen LogP contribution in [0.15, 0.2) is 24.3 Å². The predicted octanol–water partition coefficient (Wildman–Crippen LogP) is 2.69. The van der Waals surface area contributed by atoms with Gasteiger partial charge in [0.25, 0.3) is 0 Å². The summed E-state index contributed by atoms with van der Waals surface area (Å²) in [5.74, 6) is 0.251. The van der Waals surface area contributed by atoms with Gasteiger partial charge in [0.05, 0.1) is 6.04 Å². The number of rotatable bonds is 3. The van der Waals surface area contributed by atoms with Crippen LogP contribution in [0.2, 0.25) is 0 Å². The predicted molar refractivity (Wildman–Crippen MR) is 77.7 cm³/mol. The van der Waals surface area contributed by atoms with E-state index >= 15 is 0 Å². The zero-order valence-corrected chi connectivity index (χ0v) is 11.9. The number of nitrogens with two attached hydrogens (primary N) is 1. The zero-order chi connectivity index (χ0) is 13.8. The summed E-state index contributed by atoms with van der Waals surface area (Å²) in [5.41, 5.74) is 8.36. The lowest BCUT2D eigenvalue weighted by Crippen LogP contribution is -2.38. The number of aryl methyl sites for hydroxylation is 1. The van der Waals surface area contributed by atoms with E-state index in [4.69, 9.17) is 5.73 Å². The second kappa shape index (κ2) is 6.20. The maximum Gasteiger partial charge on any atom is 0.223 e. The monoisotopic (exact) mass is 260 g/mol. The van der Waals surface area contributed by atoms with E-state index in [1.165, 1.54) is 11.1 Å². The summed E-state index contributed by atoms with van der Waals surface area (Å²) in [4.78, 5) is 12.3. The van der Waals surface area contributed by atoms with E-state index in [0.29, 0.717) is 0 Å². The summed E-state index contributed by atoms with van der Waals surface area (Å²) in [6, 6.07) is 8.45. The van der Waals surface area contributed by atoms with Gasteiger partial charge in [-0.25, -0.2) is 0 Å². The first-order valence-corrected chi connectivity index (χ1v) is 7.19. The fraction of sp³-hybridized carbons (Fsp3) is 0.562. The van der Waals surface area contributed by atoms with Gasteiger partial charge in [0, 0.05) is 12.0 Å². The van der Waals surface area contributed by atoms with Gasteiger partial charge in [-0.15, -0.1) is 0 Å². The van der Waals surface area contributed by atoms with Gasteiger partial charge in [-0.3, -0.25) is 4.79 Å². The molecule has 2 rings (SSSR count). The van der Waals surface area contributed by atoms with Crippen molar-refractivity contribution in [2.45, 2.75) is 51.6 Å². The van der Waals surface area contributed by atoms with Gasteiger partial charge in [-0.2, -0.15) is 0 Å². The van der Waals surface area contributed by atoms with Crippen molar-refractivity contribution in [3.63, 3.8) is 0 Å². The van der Waals surface area contributed by atoms with Crippen molar-refractivity contribution >= 4 is 5.91 Å². The van der Waals surface area contributed by atoms with Gasteiger partial charge >= 0.3 is 0 Å². The molecule has 1 fully saturated rings. The average molecular weight is 260 g/mol. The molecule has 1 aliphatic rings. The van der Waals surface area contributed by atoms with Crippen molar-refractivity contribution < 1.29 is 4.79 Å². The first-order chi connectivity index (χ1) is 9.08. The van der Waals surface area contributed by atoms with Crippen LogP contribution in [0.4, 0.5) is 0 Å². The highest BCUT2D eigenvalue weighted by Crippen LogP contribution is 2.24. The Hall–Kier alpha value is -1.35. The molecule has 1 aromatic rings.